The molecule has 0 saturated carbocycles. The Morgan fingerprint density at radius 2 is 2.62 bits per heavy atom. The third-order valence-corrected chi connectivity index (χ3v) is 1.03. The van der Waals surface area contributed by atoms with Crippen LogP contribution in [0.25, 0.3) is 0 Å². The predicted molar refractivity (Wildman–Crippen MR) is 27.1 cm³/mol. The molecule has 0 radical (unpaired) electrons. The number of hydroxylamine groups is 1. The molecule has 4 nitrogen and oxygen atoms in total. The van der Waals surface area contributed by atoms with E-state index in [-0.39, 0.29) is 6.03 Å². The summed E-state index contributed by atoms with van der Waals surface area (Å²) in [4.78, 5) is 16.7. The van der Waals surface area contributed by atoms with Gasteiger partial charge in [0.15, 0.2) is 0 Å². The van der Waals surface area contributed by atoms with Crippen LogP contribution in [0.4, 0.5) is 4.79 Å². The number of nitrogens with one attached hydrogen (secondary N) is 1. The van der Waals surface area contributed by atoms with E-state index in [1.54, 1.807) is 11.9 Å². The van der Waals surface area contributed by atoms with E-state index in [4.69, 9.17) is 0 Å². The van der Waals surface area contributed by atoms with E-state index in [0.717, 1.165) is 0 Å². The first-order valence-corrected chi connectivity index (χ1v) is 2.43. The van der Waals surface area contributed by atoms with Gasteiger partial charge in [0.25, 0.3) is 0 Å². The summed E-state index contributed by atoms with van der Waals surface area (Å²) < 4.78 is 0. The minimum absolute atomic E-state index is 0.170. The number of likely N-dealkylation sites (N-methyl/N-ethyl adjacent to an activating group) is 1. The summed E-state index contributed by atoms with van der Waals surface area (Å²) in [7, 11) is 1.72. The van der Waals surface area contributed by atoms with Gasteiger partial charge in [-0.1, -0.05) is 0 Å². The van der Waals surface area contributed by atoms with Crippen LogP contribution in [0.3, 0.4) is 0 Å². The van der Waals surface area contributed by atoms with E-state index in [2.05, 4.69) is 10.3 Å². The van der Waals surface area contributed by atoms with Gasteiger partial charge in [0.1, 0.15) is 0 Å². The van der Waals surface area contributed by atoms with E-state index >= 15 is 0 Å². The van der Waals surface area contributed by atoms with Crippen molar-refractivity contribution < 1.29 is 9.63 Å². The molecule has 1 heterocycles. The van der Waals surface area contributed by atoms with Crippen molar-refractivity contribution in [1.29, 1.82) is 0 Å². The summed E-state index contributed by atoms with van der Waals surface area (Å²) >= 11 is 0. The van der Waals surface area contributed by atoms with Gasteiger partial charge in [-0.3, -0.25) is 4.84 Å². The van der Waals surface area contributed by atoms with Crippen molar-refractivity contribution in [3.8, 4) is 0 Å². The molecule has 0 atom stereocenters. The molecule has 46 valence electrons. The van der Waals surface area contributed by atoms with Crippen LogP contribution in [0.5, 0.6) is 0 Å². The lowest BCUT2D eigenvalue weighted by Gasteiger charge is -2.21. The molecule has 2 amide bonds. The van der Waals surface area contributed by atoms with Crippen molar-refractivity contribution in [1.82, 2.24) is 10.4 Å². The zero-order chi connectivity index (χ0) is 5.98. The van der Waals surface area contributed by atoms with Crippen LogP contribution >= 0.6 is 0 Å². The lowest BCUT2D eigenvalue weighted by molar-refractivity contribution is 0.0131. The monoisotopic (exact) mass is 116 g/mol. The molecule has 1 rings (SSSR count). The lowest BCUT2D eigenvalue weighted by Crippen LogP contribution is -2.45. The largest absolute Gasteiger partial charge is 0.341 e. The lowest BCUT2D eigenvalue weighted by atomic mass is 10.6. The molecule has 0 bridgehead atoms. The molecular formula is C4H8N2O2. The summed E-state index contributed by atoms with van der Waals surface area (Å²) in [6.45, 7) is 1.24. The van der Waals surface area contributed by atoms with Gasteiger partial charge in [0, 0.05) is 13.6 Å². The van der Waals surface area contributed by atoms with Gasteiger partial charge < -0.3 is 4.90 Å². The minimum Gasteiger partial charge on any atom is -0.324 e. The fourth-order valence-corrected chi connectivity index (χ4v) is 0.475. The summed E-state index contributed by atoms with van der Waals surface area (Å²) in [6.07, 6.45) is 0. The van der Waals surface area contributed by atoms with Crippen LogP contribution in [0, 0.1) is 0 Å². The van der Waals surface area contributed by atoms with E-state index in [0.29, 0.717) is 13.2 Å². The van der Waals surface area contributed by atoms with E-state index in [1.165, 1.54) is 0 Å². The molecular weight excluding hydrogens is 108 g/mol. The average molecular weight is 116 g/mol. The minimum atomic E-state index is -0.170. The Morgan fingerprint density at radius 3 is 3.00 bits per heavy atom. The maximum atomic E-state index is 10.5. The van der Waals surface area contributed by atoms with Crippen LogP contribution in [0.15, 0.2) is 0 Å². The second-order valence-electron chi connectivity index (χ2n) is 1.68. The summed E-state index contributed by atoms with van der Waals surface area (Å²) in [5, 5.41) is 0. The van der Waals surface area contributed by atoms with Crippen LogP contribution in [0.2, 0.25) is 0 Å². The molecule has 0 aromatic carbocycles. The maximum Gasteiger partial charge on any atom is 0.341 e. The van der Waals surface area contributed by atoms with E-state index in [9.17, 15) is 4.79 Å². The number of amides is 2. The van der Waals surface area contributed by atoms with Gasteiger partial charge in [0.2, 0.25) is 0 Å². The highest BCUT2D eigenvalue weighted by Gasteiger charge is 2.11. The van der Waals surface area contributed by atoms with Crippen molar-refractivity contribution in [2.45, 2.75) is 0 Å². The zero-order valence-corrected chi connectivity index (χ0v) is 4.68. The molecule has 1 fully saturated rings. The number of hydrogen-bond donors (Lipinski definition) is 1. The van der Waals surface area contributed by atoms with Crippen LogP contribution in [-0.2, 0) is 4.84 Å². The molecule has 4 heteroatoms. The Bertz CT molecular complexity index is 104. The normalized spacial score (nSPS) is 20.6. The van der Waals surface area contributed by atoms with Gasteiger partial charge >= 0.3 is 6.03 Å². The van der Waals surface area contributed by atoms with Crippen LogP contribution in [-0.4, -0.2) is 31.1 Å². The van der Waals surface area contributed by atoms with Gasteiger partial charge in [0.05, 0.1) is 6.61 Å². The fourth-order valence-electron chi connectivity index (χ4n) is 0.475. The molecule has 1 aliphatic heterocycles. The van der Waals surface area contributed by atoms with Gasteiger partial charge in [-0.25, -0.2) is 10.3 Å². The first-order chi connectivity index (χ1) is 3.80. The topological polar surface area (TPSA) is 41.6 Å². The zero-order valence-electron chi connectivity index (χ0n) is 4.68. The van der Waals surface area contributed by atoms with Gasteiger partial charge in [-0.2, -0.15) is 0 Å². The molecule has 0 spiro atoms. The van der Waals surface area contributed by atoms with Crippen molar-refractivity contribution in [2.75, 3.05) is 20.2 Å². The first kappa shape index (κ1) is 5.37. The molecule has 1 N–H and O–H groups in total. The standard InChI is InChI=1S/C4H8N2O2/c1-6-2-3-8-5-4(6)7/h2-3H2,1H3,(H,5,7). The highest BCUT2D eigenvalue weighted by atomic mass is 16.7. The average Bonchev–Trinajstić information content (AvgIpc) is 1.77. The Labute approximate surface area is 47.4 Å². The number of urea groups is 1. The molecule has 0 aromatic rings. The summed E-state index contributed by atoms with van der Waals surface area (Å²) in [5.41, 5.74) is 2.22. The van der Waals surface area contributed by atoms with Crippen molar-refractivity contribution >= 4 is 6.03 Å². The predicted octanol–water partition coefficient (Wildman–Crippen LogP) is -0.427. The highest BCUT2D eigenvalue weighted by Crippen LogP contribution is 1.89. The van der Waals surface area contributed by atoms with E-state index < -0.39 is 0 Å². The second-order valence-corrected chi connectivity index (χ2v) is 1.68. The Kier molecular flexibility index (Phi) is 1.34. The van der Waals surface area contributed by atoms with Gasteiger partial charge in [-0.15, -0.1) is 0 Å². The van der Waals surface area contributed by atoms with Crippen LogP contribution in [0.1, 0.15) is 0 Å². The SMILES string of the molecule is CN1CCONC1=O. The smallest absolute Gasteiger partial charge is 0.324 e. The highest BCUT2D eigenvalue weighted by molar-refractivity contribution is 5.73. The van der Waals surface area contributed by atoms with Crippen molar-refractivity contribution in [2.24, 2.45) is 0 Å². The third-order valence-electron chi connectivity index (χ3n) is 1.03. The van der Waals surface area contributed by atoms with Gasteiger partial charge in [-0.05, 0) is 0 Å². The number of hydrogen-bond acceptors (Lipinski definition) is 2. The molecule has 0 aliphatic carbocycles. The van der Waals surface area contributed by atoms with Crippen LogP contribution < -0.4 is 5.48 Å². The number of carbonyl (C=O) groups is 1. The first-order valence-electron chi connectivity index (χ1n) is 2.43. The van der Waals surface area contributed by atoms with E-state index in [1.807, 2.05) is 0 Å². The van der Waals surface area contributed by atoms with Crippen molar-refractivity contribution in [3.63, 3.8) is 0 Å². The Hall–Kier alpha value is -0.770. The molecule has 1 saturated heterocycles. The summed E-state index contributed by atoms with van der Waals surface area (Å²) in [6, 6.07) is -0.170. The number of nitrogens with zero attached hydrogens (tertiary/aromatic N) is 1. The quantitative estimate of drug-likeness (QED) is 0.466. The third kappa shape index (κ3) is 0.894. The molecule has 0 unspecified atom stereocenters. The Morgan fingerprint density at radius 1 is 1.88 bits per heavy atom. The molecule has 8 heavy (non-hydrogen) atoms. The second kappa shape index (κ2) is 2.00. The number of rotatable bonds is 0. The van der Waals surface area contributed by atoms with Crippen molar-refractivity contribution in [3.05, 3.63) is 0 Å². The number of carbonyl (C=O) groups excluding carboxylic acids is 1. The fraction of sp³-hybridized carbons (Fsp3) is 0.750. The molecule has 0 aromatic heterocycles. The summed E-state index contributed by atoms with van der Waals surface area (Å²) in [5.74, 6) is 0. The maximum absolute atomic E-state index is 10.5. The Balaban J connectivity index is 2.39. The molecule has 1 aliphatic rings.